The van der Waals surface area contributed by atoms with Gasteiger partial charge in [0.2, 0.25) is 0 Å². The van der Waals surface area contributed by atoms with Crippen molar-refractivity contribution in [2.75, 3.05) is 13.2 Å². The van der Waals surface area contributed by atoms with Gasteiger partial charge in [-0.15, -0.1) is 0 Å². The van der Waals surface area contributed by atoms with Crippen molar-refractivity contribution in [2.45, 2.75) is 25.3 Å². The number of carbonyl (C=O) groups is 1. The van der Waals surface area contributed by atoms with Crippen molar-refractivity contribution in [3.8, 4) is 16.8 Å². The summed E-state index contributed by atoms with van der Waals surface area (Å²) in [6.07, 6.45) is 3.12. The number of aromatic carboxylic acids is 1. The Kier molecular flexibility index (Phi) is 5.41. The summed E-state index contributed by atoms with van der Waals surface area (Å²) >= 11 is 0. The van der Waals surface area contributed by atoms with Crippen molar-refractivity contribution >= 4 is 23.1 Å². The summed E-state index contributed by atoms with van der Waals surface area (Å²) in [5.74, 6) is -4.57. The molecule has 3 aromatic carbocycles. The van der Waals surface area contributed by atoms with E-state index >= 15 is 4.39 Å². The summed E-state index contributed by atoms with van der Waals surface area (Å²) in [5.41, 5.74) is 3.87. The van der Waals surface area contributed by atoms with Gasteiger partial charge in [0.05, 0.1) is 17.6 Å². The van der Waals surface area contributed by atoms with E-state index in [0.29, 0.717) is 49.2 Å². The number of hydrogen-bond acceptors (Lipinski definition) is 3. The Balaban J connectivity index is 1.74. The second-order valence-electron chi connectivity index (χ2n) is 9.09. The summed E-state index contributed by atoms with van der Waals surface area (Å²) in [6, 6.07) is 12.4. The summed E-state index contributed by atoms with van der Waals surface area (Å²) in [7, 11) is 0. The number of ether oxygens (including phenoxy) is 1. The average molecular weight is 490 g/mol. The van der Waals surface area contributed by atoms with E-state index < -0.39 is 23.2 Å². The number of halogens is 3. The number of benzene rings is 3. The van der Waals surface area contributed by atoms with Gasteiger partial charge in [-0.3, -0.25) is 4.99 Å². The first-order valence-electron chi connectivity index (χ1n) is 11.7. The molecule has 3 heterocycles. The molecule has 6 rings (SSSR count). The van der Waals surface area contributed by atoms with Gasteiger partial charge in [-0.1, -0.05) is 6.07 Å². The topological polar surface area (TPSA) is 63.8 Å². The van der Waals surface area contributed by atoms with Crippen molar-refractivity contribution < 1.29 is 27.8 Å². The molecule has 0 radical (unpaired) electrons. The fraction of sp³-hybridized carbons (Fsp3) is 0.214. The van der Waals surface area contributed by atoms with Crippen LogP contribution >= 0.6 is 0 Å². The van der Waals surface area contributed by atoms with E-state index in [2.05, 4.69) is 4.99 Å². The molecule has 1 N–H and O–H groups in total. The van der Waals surface area contributed by atoms with Crippen LogP contribution in [0.3, 0.4) is 0 Å². The van der Waals surface area contributed by atoms with Gasteiger partial charge in [0, 0.05) is 53.2 Å². The Morgan fingerprint density at radius 1 is 1.00 bits per heavy atom. The number of carboxylic acids is 1. The molecule has 0 atom stereocenters. The predicted octanol–water partition coefficient (Wildman–Crippen LogP) is 6.24. The maximum atomic E-state index is 15.6. The van der Waals surface area contributed by atoms with Gasteiger partial charge in [-0.25, -0.2) is 18.0 Å². The summed E-state index contributed by atoms with van der Waals surface area (Å²) < 4.78 is 51.9. The zero-order valence-corrected chi connectivity index (χ0v) is 19.1. The zero-order valence-electron chi connectivity index (χ0n) is 19.1. The first-order chi connectivity index (χ1) is 17.4. The van der Waals surface area contributed by atoms with Crippen LogP contribution in [0, 0.1) is 17.5 Å². The molecule has 0 saturated carbocycles. The van der Waals surface area contributed by atoms with Crippen LogP contribution in [0.25, 0.3) is 27.7 Å². The van der Waals surface area contributed by atoms with Crippen molar-refractivity contribution in [3.63, 3.8) is 0 Å². The minimum Gasteiger partial charge on any atom is -0.478 e. The van der Waals surface area contributed by atoms with Crippen LogP contribution in [0.15, 0.2) is 53.5 Å². The van der Waals surface area contributed by atoms with E-state index in [-0.39, 0.29) is 17.3 Å². The molecule has 0 bridgehead atoms. The van der Waals surface area contributed by atoms with Gasteiger partial charge < -0.3 is 14.4 Å². The van der Waals surface area contributed by atoms with Crippen LogP contribution in [-0.2, 0) is 11.3 Å². The highest BCUT2D eigenvalue weighted by Gasteiger charge is 2.31. The number of carboxylic acid groups (broad SMARTS) is 1. The molecular formula is C28H21F3N2O3. The molecule has 36 heavy (non-hydrogen) atoms. The van der Waals surface area contributed by atoms with Crippen LogP contribution in [-0.4, -0.2) is 35.1 Å². The van der Waals surface area contributed by atoms with Crippen LogP contribution in [0.4, 0.5) is 13.2 Å². The molecule has 1 aromatic heterocycles. The Bertz CT molecular complexity index is 1550. The van der Waals surface area contributed by atoms with Crippen molar-refractivity contribution in [3.05, 3.63) is 88.4 Å². The lowest BCUT2D eigenvalue weighted by molar-refractivity contribution is 0.0690. The van der Waals surface area contributed by atoms with E-state index in [4.69, 9.17) is 4.74 Å². The van der Waals surface area contributed by atoms with E-state index in [1.807, 2.05) is 16.7 Å². The van der Waals surface area contributed by atoms with E-state index in [0.717, 1.165) is 28.4 Å². The molecule has 182 valence electrons. The third kappa shape index (κ3) is 3.52. The molecule has 5 nitrogen and oxygen atoms in total. The fourth-order valence-corrected chi connectivity index (χ4v) is 5.33. The second-order valence-corrected chi connectivity index (χ2v) is 9.09. The van der Waals surface area contributed by atoms with Crippen molar-refractivity contribution in [2.24, 2.45) is 4.99 Å². The largest absolute Gasteiger partial charge is 0.478 e. The monoisotopic (exact) mass is 490 g/mol. The van der Waals surface area contributed by atoms with Gasteiger partial charge in [-0.2, -0.15) is 0 Å². The SMILES string of the molecule is O=C(O)c1ccc(-c2c(C3CCOCC3)n(-c3ccc(F)cc3)c3cc4c(cc23)CN=C4)c(F)c1F. The van der Waals surface area contributed by atoms with Gasteiger partial charge in [0.25, 0.3) is 0 Å². The summed E-state index contributed by atoms with van der Waals surface area (Å²) in [5, 5.41) is 9.99. The lowest BCUT2D eigenvalue weighted by Crippen LogP contribution is -2.17. The zero-order chi connectivity index (χ0) is 25.0. The molecule has 4 aromatic rings. The van der Waals surface area contributed by atoms with Crippen LogP contribution in [0.1, 0.15) is 45.9 Å². The summed E-state index contributed by atoms with van der Waals surface area (Å²) in [4.78, 5) is 15.8. The van der Waals surface area contributed by atoms with Crippen LogP contribution < -0.4 is 0 Å². The molecule has 1 fully saturated rings. The Hall–Kier alpha value is -3.91. The van der Waals surface area contributed by atoms with Crippen molar-refractivity contribution in [1.82, 2.24) is 4.57 Å². The lowest BCUT2D eigenvalue weighted by Gasteiger charge is -2.26. The Labute approximate surface area is 204 Å². The standard InChI is InChI=1S/C28H21F3N2O3/c29-18-1-3-19(4-2-18)33-23-12-17-14-32-13-16(17)11-22(23)24(27(33)15-7-9-36-10-8-15)20-5-6-21(28(34)35)26(31)25(20)30/h1-6,11-12,14-15H,7-10,13H2,(H,34,35). The second kappa shape index (κ2) is 8.64. The molecule has 1 saturated heterocycles. The fourth-order valence-electron chi connectivity index (χ4n) is 5.33. The number of aliphatic imine (C=N–C) groups is 1. The number of nitrogens with zero attached hydrogens (tertiary/aromatic N) is 2. The smallest absolute Gasteiger partial charge is 0.338 e. The Morgan fingerprint density at radius 2 is 1.75 bits per heavy atom. The lowest BCUT2D eigenvalue weighted by atomic mass is 9.89. The average Bonchev–Trinajstić information content (AvgIpc) is 3.47. The van der Waals surface area contributed by atoms with Crippen LogP contribution in [0.2, 0.25) is 0 Å². The van der Waals surface area contributed by atoms with Crippen LogP contribution in [0.5, 0.6) is 0 Å². The molecule has 0 unspecified atom stereocenters. The van der Waals surface area contributed by atoms with Gasteiger partial charge in [0.1, 0.15) is 5.82 Å². The number of hydrogen-bond donors (Lipinski definition) is 1. The number of rotatable bonds is 4. The minimum atomic E-state index is -1.54. The maximum Gasteiger partial charge on any atom is 0.338 e. The third-order valence-electron chi connectivity index (χ3n) is 7.03. The predicted molar refractivity (Wildman–Crippen MR) is 130 cm³/mol. The highest BCUT2D eigenvalue weighted by atomic mass is 19.2. The first kappa shape index (κ1) is 22.5. The molecule has 8 heteroatoms. The van der Waals surface area contributed by atoms with Gasteiger partial charge >= 0.3 is 5.97 Å². The molecular weight excluding hydrogens is 469 g/mol. The number of aromatic nitrogens is 1. The molecule has 0 amide bonds. The normalized spacial score (nSPS) is 15.5. The maximum absolute atomic E-state index is 15.6. The van der Waals surface area contributed by atoms with E-state index in [1.165, 1.54) is 18.2 Å². The van der Waals surface area contributed by atoms with Gasteiger partial charge in [-0.05, 0) is 66.4 Å². The van der Waals surface area contributed by atoms with E-state index in [9.17, 15) is 18.7 Å². The minimum absolute atomic E-state index is 0.0104. The molecule has 0 spiro atoms. The number of fused-ring (bicyclic) bond motifs is 2. The first-order valence-corrected chi connectivity index (χ1v) is 11.7. The quantitative estimate of drug-likeness (QED) is 0.368. The Morgan fingerprint density at radius 3 is 2.47 bits per heavy atom. The van der Waals surface area contributed by atoms with Crippen molar-refractivity contribution in [1.29, 1.82) is 0 Å². The molecule has 2 aliphatic heterocycles. The molecule has 2 aliphatic rings. The third-order valence-corrected chi connectivity index (χ3v) is 7.03. The highest BCUT2D eigenvalue weighted by Crippen LogP contribution is 2.45. The van der Waals surface area contributed by atoms with Gasteiger partial charge in [0.15, 0.2) is 11.6 Å². The van der Waals surface area contributed by atoms with E-state index in [1.54, 1.807) is 18.3 Å². The summed E-state index contributed by atoms with van der Waals surface area (Å²) in [6.45, 7) is 1.52. The molecule has 0 aliphatic carbocycles. The highest BCUT2D eigenvalue weighted by molar-refractivity contribution is 6.03.